The van der Waals surface area contributed by atoms with Crippen molar-refractivity contribution in [3.8, 4) is 0 Å². The highest BCUT2D eigenvalue weighted by atomic mass is 16.2. The molecular weight excluding hydrogens is 238 g/mol. The molecule has 4 heteroatoms. The van der Waals surface area contributed by atoms with Crippen molar-refractivity contribution in [1.29, 1.82) is 0 Å². The van der Waals surface area contributed by atoms with E-state index in [1.165, 1.54) is 17.2 Å². The SMILES string of the molecule is C[C](C)Cc1cccc(N2CCN(C(N)=O)CC2)c1. The molecule has 0 bridgehead atoms. The first-order valence-electron chi connectivity index (χ1n) is 6.73. The molecule has 1 aliphatic heterocycles. The molecule has 0 unspecified atom stereocenters. The van der Waals surface area contributed by atoms with Crippen molar-refractivity contribution in [1.82, 2.24) is 4.90 Å². The molecule has 2 rings (SSSR count). The van der Waals surface area contributed by atoms with E-state index < -0.39 is 0 Å². The summed E-state index contributed by atoms with van der Waals surface area (Å²) in [6, 6.07) is 8.33. The summed E-state index contributed by atoms with van der Waals surface area (Å²) in [7, 11) is 0. The molecule has 1 aromatic carbocycles. The van der Waals surface area contributed by atoms with Gasteiger partial charge in [-0.25, -0.2) is 4.79 Å². The molecule has 2 N–H and O–H groups in total. The fraction of sp³-hybridized carbons (Fsp3) is 0.467. The van der Waals surface area contributed by atoms with Crippen LogP contribution in [0, 0.1) is 5.92 Å². The van der Waals surface area contributed by atoms with Crippen molar-refractivity contribution in [3.63, 3.8) is 0 Å². The van der Waals surface area contributed by atoms with Gasteiger partial charge in [0, 0.05) is 31.9 Å². The van der Waals surface area contributed by atoms with E-state index in [4.69, 9.17) is 5.73 Å². The molecule has 0 aromatic heterocycles. The molecule has 1 aliphatic rings. The van der Waals surface area contributed by atoms with Crippen molar-refractivity contribution in [2.75, 3.05) is 31.1 Å². The highest BCUT2D eigenvalue weighted by molar-refractivity contribution is 5.72. The van der Waals surface area contributed by atoms with Gasteiger partial charge in [-0.05, 0) is 30.0 Å². The summed E-state index contributed by atoms with van der Waals surface area (Å²) in [5.41, 5.74) is 7.88. The number of hydrogen-bond donors (Lipinski definition) is 1. The summed E-state index contributed by atoms with van der Waals surface area (Å²) < 4.78 is 0. The van der Waals surface area contributed by atoms with E-state index in [1.807, 2.05) is 0 Å². The topological polar surface area (TPSA) is 49.6 Å². The quantitative estimate of drug-likeness (QED) is 0.904. The zero-order valence-electron chi connectivity index (χ0n) is 11.7. The van der Waals surface area contributed by atoms with Crippen LogP contribution in [0.25, 0.3) is 0 Å². The summed E-state index contributed by atoms with van der Waals surface area (Å²) in [4.78, 5) is 15.1. The molecular formula is C15H22N3O. The molecule has 19 heavy (non-hydrogen) atoms. The monoisotopic (exact) mass is 260 g/mol. The van der Waals surface area contributed by atoms with E-state index in [1.54, 1.807) is 4.90 Å². The van der Waals surface area contributed by atoms with Gasteiger partial charge in [-0.3, -0.25) is 0 Å². The van der Waals surface area contributed by atoms with Crippen molar-refractivity contribution in [2.24, 2.45) is 5.73 Å². The number of hydrogen-bond acceptors (Lipinski definition) is 2. The Morgan fingerprint density at radius 3 is 2.47 bits per heavy atom. The van der Waals surface area contributed by atoms with Gasteiger partial charge in [0.15, 0.2) is 0 Å². The lowest BCUT2D eigenvalue weighted by atomic mass is 10.0. The van der Waals surface area contributed by atoms with Gasteiger partial charge in [-0.15, -0.1) is 0 Å². The second-order valence-electron chi connectivity index (χ2n) is 5.37. The van der Waals surface area contributed by atoms with Crippen LogP contribution in [0.15, 0.2) is 24.3 Å². The summed E-state index contributed by atoms with van der Waals surface area (Å²) in [6.45, 7) is 7.41. The number of carbonyl (C=O) groups is 1. The van der Waals surface area contributed by atoms with Crippen LogP contribution in [0.4, 0.5) is 10.5 Å². The lowest BCUT2D eigenvalue weighted by molar-refractivity contribution is 0.204. The van der Waals surface area contributed by atoms with Crippen LogP contribution < -0.4 is 10.6 Å². The summed E-state index contributed by atoms with van der Waals surface area (Å²) >= 11 is 0. The second kappa shape index (κ2) is 5.95. The van der Waals surface area contributed by atoms with Gasteiger partial charge in [-0.1, -0.05) is 26.0 Å². The van der Waals surface area contributed by atoms with Gasteiger partial charge in [0.1, 0.15) is 0 Å². The largest absolute Gasteiger partial charge is 0.368 e. The predicted molar refractivity (Wildman–Crippen MR) is 78.1 cm³/mol. The normalized spacial score (nSPS) is 15.9. The van der Waals surface area contributed by atoms with Crippen LogP contribution in [0.5, 0.6) is 0 Å². The number of amides is 2. The Balaban J connectivity index is 2.01. The zero-order chi connectivity index (χ0) is 13.8. The van der Waals surface area contributed by atoms with E-state index in [9.17, 15) is 4.79 Å². The average molecular weight is 260 g/mol. The molecule has 0 aliphatic carbocycles. The van der Waals surface area contributed by atoms with Gasteiger partial charge in [0.2, 0.25) is 0 Å². The number of piperazine rings is 1. The summed E-state index contributed by atoms with van der Waals surface area (Å²) in [6.07, 6.45) is 1.02. The van der Waals surface area contributed by atoms with Crippen molar-refractivity contribution >= 4 is 11.7 Å². The van der Waals surface area contributed by atoms with Crippen LogP contribution in [-0.2, 0) is 6.42 Å². The van der Waals surface area contributed by atoms with Gasteiger partial charge in [0.25, 0.3) is 0 Å². The third-order valence-electron chi connectivity index (χ3n) is 3.42. The van der Waals surface area contributed by atoms with Crippen LogP contribution >= 0.6 is 0 Å². The van der Waals surface area contributed by atoms with E-state index in [-0.39, 0.29) is 6.03 Å². The zero-order valence-corrected chi connectivity index (χ0v) is 11.7. The van der Waals surface area contributed by atoms with E-state index in [2.05, 4.69) is 43.0 Å². The maximum absolute atomic E-state index is 11.1. The van der Waals surface area contributed by atoms with Crippen molar-refractivity contribution in [2.45, 2.75) is 20.3 Å². The smallest absolute Gasteiger partial charge is 0.314 e. The second-order valence-corrected chi connectivity index (χ2v) is 5.37. The Morgan fingerprint density at radius 2 is 1.89 bits per heavy atom. The number of nitrogens with zero attached hydrogens (tertiary/aromatic N) is 2. The Bertz CT molecular complexity index is 437. The van der Waals surface area contributed by atoms with Crippen molar-refractivity contribution in [3.05, 3.63) is 35.7 Å². The Labute approximate surface area is 115 Å². The van der Waals surface area contributed by atoms with E-state index in [0.717, 1.165) is 19.5 Å². The summed E-state index contributed by atoms with van der Waals surface area (Å²) in [5, 5.41) is 0. The lowest BCUT2D eigenvalue weighted by Crippen LogP contribution is -2.50. The highest BCUT2D eigenvalue weighted by Crippen LogP contribution is 2.20. The molecule has 1 aromatic rings. The third kappa shape index (κ3) is 3.63. The lowest BCUT2D eigenvalue weighted by Gasteiger charge is -2.35. The highest BCUT2D eigenvalue weighted by Gasteiger charge is 2.19. The molecule has 1 saturated heterocycles. The van der Waals surface area contributed by atoms with Gasteiger partial charge in [-0.2, -0.15) is 0 Å². The van der Waals surface area contributed by atoms with Crippen LogP contribution in [0.3, 0.4) is 0 Å². The molecule has 0 spiro atoms. The van der Waals surface area contributed by atoms with E-state index in [0.29, 0.717) is 13.1 Å². The standard InChI is InChI=1S/C15H22N3O/c1-12(2)10-13-4-3-5-14(11-13)17-6-8-18(9-7-17)15(16)19/h3-5,11H,6-10H2,1-2H3,(H2,16,19). The maximum Gasteiger partial charge on any atom is 0.314 e. The van der Waals surface area contributed by atoms with Gasteiger partial charge in [0.05, 0.1) is 0 Å². The molecule has 0 saturated carbocycles. The van der Waals surface area contributed by atoms with Crippen LogP contribution in [0.2, 0.25) is 0 Å². The first-order chi connectivity index (χ1) is 9.06. The molecule has 4 nitrogen and oxygen atoms in total. The summed E-state index contributed by atoms with van der Waals surface area (Å²) in [5.74, 6) is 1.41. The first kappa shape index (κ1) is 13.7. The number of nitrogens with two attached hydrogens (primary N) is 1. The molecule has 2 amide bonds. The number of rotatable bonds is 3. The molecule has 1 radical (unpaired) electrons. The Morgan fingerprint density at radius 1 is 1.21 bits per heavy atom. The van der Waals surface area contributed by atoms with Crippen LogP contribution in [-0.4, -0.2) is 37.1 Å². The Kier molecular flexibility index (Phi) is 4.30. The maximum atomic E-state index is 11.1. The first-order valence-corrected chi connectivity index (χ1v) is 6.73. The number of anilines is 1. The molecule has 103 valence electrons. The minimum Gasteiger partial charge on any atom is -0.368 e. The average Bonchev–Trinajstić information content (AvgIpc) is 2.38. The van der Waals surface area contributed by atoms with Crippen molar-refractivity contribution < 1.29 is 4.79 Å². The molecule has 1 fully saturated rings. The molecule has 0 atom stereocenters. The van der Waals surface area contributed by atoms with Gasteiger partial charge >= 0.3 is 6.03 Å². The number of carbonyl (C=O) groups excluding carboxylic acids is 1. The number of benzene rings is 1. The third-order valence-corrected chi connectivity index (χ3v) is 3.42. The number of primary amides is 1. The number of urea groups is 1. The minimum absolute atomic E-state index is 0.315. The predicted octanol–water partition coefficient (Wildman–Crippen LogP) is 2.04. The van der Waals surface area contributed by atoms with Crippen LogP contribution in [0.1, 0.15) is 19.4 Å². The molecule has 1 heterocycles. The van der Waals surface area contributed by atoms with E-state index >= 15 is 0 Å². The minimum atomic E-state index is -0.315. The van der Waals surface area contributed by atoms with Gasteiger partial charge < -0.3 is 15.5 Å². The Hall–Kier alpha value is -1.71. The fourth-order valence-corrected chi connectivity index (χ4v) is 2.46. The fourth-order valence-electron chi connectivity index (χ4n) is 2.46.